The predicted octanol–water partition coefficient (Wildman–Crippen LogP) is 0.692. The fraction of sp³-hybridized carbons (Fsp3) is 0.476. The Balaban J connectivity index is 1.64. The summed E-state index contributed by atoms with van der Waals surface area (Å²) in [5.41, 5.74) is 12.9. The van der Waals surface area contributed by atoms with Crippen LogP contribution in [0.2, 0.25) is 5.02 Å². The lowest BCUT2D eigenvalue weighted by Gasteiger charge is -2.38. The number of primary amides is 1. The van der Waals surface area contributed by atoms with Gasteiger partial charge in [0.05, 0.1) is 24.7 Å². The van der Waals surface area contributed by atoms with Gasteiger partial charge in [0, 0.05) is 69.5 Å². The number of benzene rings is 1. The number of nitrogens with zero attached hydrogens (tertiary/aromatic N) is 4. The van der Waals surface area contributed by atoms with E-state index in [2.05, 4.69) is 25.1 Å². The average Bonchev–Trinajstić information content (AvgIpc) is 2.79. The average molecular weight is 448 g/mol. The van der Waals surface area contributed by atoms with Crippen molar-refractivity contribution in [1.29, 1.82) is 0 Å². The minimum absolute atomic E-state index is 0.119. The van der Waals surface area contributed by atoms with Crippen LogP contribution in [0, 0.1) is 0 Å². The van der Waals surface area contributed by atoms with Gasteiger partial charge in [0.1, 0.15) is 11.4 Å². The van der Waals surface area contributed by atoms with Crippen molar-refractivity contribution in [3.8, 4) is 5.75 Å². The number of anilines is 1. The number of nitrogens with two attached hydrogens (primary N) is 2. The fourth-order valence-corrected chi connectivity index (χ4v) is 3.88. The van der Waals surface area contributed by atoms with Gasteiger partial charge < -0.3 is 26.4 Å². The Hall–Kier alpha value is -2.46. The Morgan fingerprint density at radius 3 is 2.65 bits per heavy atom. The molecule has 1 aromatic carbocycles. The van der Waals surface area contributed by atoms with Gasteiger partial charge in [-0.25, -0.2) is 4.98 Å². The largest absolute Gasteiger partial charge is 0.495 e. The molecule has 1 aliphatic rings. The number of hydrogen-bond acceptors (Lipinski definition) is 8. The smallest absolute Gasteiger partial charge is 0.268 e. The summed E-state index contributed by atoms with van der Waals surface area (Å²) in [6.07, 6.45) is 3.08. The molecule has 0 spiro atoms. The van der Waals surface area contributed by atoms with Crippen LogP contribution in [0.1, 0.15) is 22.1 Å². The van der Waals surface area contributed by atoms with E-state index in [1.807, 2.05) is 18.2 Å². The molecule has 1 unspecified atom stereocenters. The van der Waals surface area contributed by atoms with E-state index in [4.69, 9.17) is 27.8 Å². The van der Waals surface area contributed by atoms with Gasteiger partial charge >= 0.3 is 0 Å². The summed E-state index contributed by atoms with van der Waals surface area (Å²) in [5, 5.41) is 4.06. The SMILES string of the molecule is COc1ccc(Cl)cc1N1CCN(CC(CNCCN)c2cnc(C(N)=O)cn2)CC1. The van der Waals surface area contributed by atoms with Gasteiger partial charge in [-0.1, -0.05) is 11.6 Å². The molecule has 2 heterocycles. The molecule has 1 aromatic heterocycles. The number of halogens is 1. The fourth-order valence-electron chi connectivity index (χ4n) is 3.71. The van der Waals surface area contributed by atoms with E-state index in [0.717, 1.165) is 62.9 Å². The normalized spacial score (nSPS) is 15.6. The predicted molar refractivity (Wildman–Crippen MR) is 122 cm³/mol. The third-order valence-electron chi connectivity index (χ3n) is 5.39. The number of amides is 1. The van der Waals surface area contributed by atoms with Crippen LogP contribution in [0.15, 0.2) is 30.6 Å². The van der Waals surface area contributed by atoms with Crippen LogP contribution in [0.3, 0.4) is 0 Å². The Labute approximate surface area is 187 Å². The van der Waals surface area contributed by atoms with E-state index in [9.17, 15) is 4.79 Å². The first-order chi connectivity index (χ1) is 15.0. The number of carbonyl (C=O) groups is 1. The summed E-state index contributed by atoms with van der Waals surface area (Å²) in [7, 11) is 1.67. The van der Waals surface area contributed by atoms with E-state index in [0.29, 0.717) is 11.6 Å². The van der Waals surface area contributed by atoms with Crippen LogP contribution >= 0.6 is 11.6 Å². The van der Waals surface area contributed by atoms with Gasteiger partial charge in [-0.15, -0.1) is 0 Å². The quantitative estimate of drug-likeness (QED) is 0.455. The summed E-state index contributed by atoms with van der Waals surface area (Å²) >= 11 is 6.20. The number of aromatic nitrogens is 2. The van der Waals surface area contributed by atoms with Gasteiger partial charge in [-0.05, 0) is 18.2 Å². The van der Waals surface area contributed by atoms with Crippen molar-refractivity contribution in [2.45, 2.75) is 5.92 Å². The number of methoxy groups -OCH3 is 1. The van der Waals surface area contributed by atoms with Gasteiger partial charge in [-0.2, -0.15) is 0 Å². The number of hydrogen-bond donors (Lipinski definition) is 3. The minimum atomic E-state index is -0.579. The van der Waals surface area contributed by atoms with Crippen molar-refractivity contribution in [3.63, 3.8) is 0 Å². The second-order valence-electron chi connectivity index (χ2n) is 7.48. The summed E-state index contributed by atoms with van der Waals surface area (Å²) < 4.78 is 5.50. The molecular formula is C21H30ClN7O2. The topological polar surface area (TPSA) is 123 Å². The van der Waals surface area contributed by atoms with Gasteiger partial charge in [0.15, 0.2) is 0 Å². The highest BCUT2D eigenvalue weighted by Crippen LogP contribution is 2.32. The second-order valence-corrected chi connectivity index (χ2v) is 7.92. The molecule has 2 aromatic rings. The summed E-state index contributed by atoms with van der Waals surface area (Å²) in [5.74, 6) is 0.365. The van der Waals surface area contributed by atoms with Crippen molar-refractivity contribution in [2.75, 3.05) is 64.4 Å². The number of nitrogens with one attached hydrogen (secondary N) is 1. The molecule has 0 bridgehead atoms. The summed E-state index contributed by atoms with van der Waals surface area (Å²) in [4.78, 5) is 24.6. The lowest BCUT2D eigenvalue weighted by atomic mass is 10.0. The highest BCUT2D eigenvalue weighted by atomic mass is 35.5. The lowest BCUT2D eigenvalue weighted by molar-refractivity contribution is 0.0995. The van der Waals surface area contributed by atoms with E-state index < -0.39 is 5.91 Å². The monoisotopic (exact) mass is 447 g/mol. The maximum absolute atomic E-state index is 11.3. The maximum Gasteiger partial charge on any atom is 0.268 e. The van der Waals surface area contributed by atoms with Crippen LogP contribution in [0.5, 0.6) is 5.75 Å². The Kier molecular flexibility index (Phi) is 8.42. The van der Waals surface area contributed by atoms with Crippen molar-refractivity contribution in [1.82, 2.24) is 20.2 Å². The molecule has 168 valence electrons. The third-order valence-corrected chi connectivity index (χ3v) is 5.62. The van der Waals surface area contributed by atoms with Crippen LogP contribution in [-0.2, 0) is 0 Å². The van der Waals surface area contributed by atoms with E-state index in [-0.39, 0.29) is 11.6 Å². The molecule has 0 saturated carbocycles. The van der Waals surface area contributed by atoms with Gasteiger partial charge in [0.25, 0.3) is 5.91 Å². The Morgan fingerprint density at radius 1 is 1.26 bits per heavy atom. The number of rotatable bonds is 10. The minimum Gasteiger partial charge on any atom is -0.495 e. The zero-order valence-corrected chi connectivity index (χ0v) is 18.5. The second kappa shape index (κ2) is 11.2. The zero-order chi connectivity index (χ0) is 22.2. The van der Waals surface area contributed by atoms with Crippen LogP contribution in [0.4, 0.5) is 5.69 Å². The standard InChI is InChI=1S/C21H30ClN7O2/c1-31-20-3-2-16(22)10-19(20)29-8-6-28(7-9-29)14-15(11-25-5-4-23)17-12-27-18(13-26-17)21(24)30/h2-3,10,12-13,15,25H,4-9,11,14,23H2,1H3,(H2,24,30). The van der Waals surface area contributed by atoms with Crippen molar-refractivity contribution >= 4 is 23.2 Å². The first kappa shape index (κ1) is 23.2. The first-order valence-corrected chi connectivity index (χ1v) is 10.7. The number of piperazine rings is 1. The molecule has 10 heteroatoms. The molecule has 31 heavy (non-hydrogen) atoms. The lowest BCUT2D eigenvalue weighted by Crippen LogP contribution is -2.48. The van der Waals surface area contributed by atoms with Crippen LogP contribution in [-0.4, -0.2) is 80.2 Å². The van der Waals surface area contributed by atoms with E-state index in [1.165, 1.54) is 6.20 Å². The van der Waals surface area contributed by atoms with Gasteiger partial charge in [0.2, 0.25) is 0 Å². The van der Waals surface area contributed by atoms with Crippen molar-refractivity contribution in [3.05, 3.63) is 47.0 Å². The van der Waals surface area contributed by atoms with E-state index >= 15 is 0 Å². The molecule has 9 nitrogen and oxygen atoms in total. The van der Waals surface area contributed by atoms with Crippen molar-refractivity contribution in [2.24, 2.45) is 11.5 Å². The molecule has 1 aliphatic heterocycles. The highest BCUT2D eigenvalue weighted by Gasteiger charge is 2.24. The molecule has 0 aliphatic carbocycles. The van der Waals surface area contributed by atoms with Crippen molar-refractivity contribution < 1.29 is 9.53 Å². The Morgan fingerprint density at radius 2 is 2.03 bits per heavy atom. The molecule has 1 atom stereocenters. The molecule has 1 saturated heterocycles. The molecular weight excluding hydrogens is 418 g/mol. The molecule has 3 rings (SSSR count). The molecule has 5 N–H and O–H groups in total. The third kappa shape index (κ3) is 6.27. The van der Waals surface area contributed by atoms with Crippen LogP contribution < -0.4 is 26.4 Å². The van der Waals surface area contributed by atoms with E-state index in [1.54, 1.807) is 13.3 Å². The molecule has 0 radical (unpaired) electrons. The summed E-state index contributed by atoms with van der Waals surface area (Å²) in [6, 6.07) is 5.69. The Bertz CT molecular complexity index is 857. The summed E-state index contributed by atoms with van der Waals surface area (Å²) in [6.45, 7) is 6.38. The number of ether oxygens (including phenoxy) is 1. The maximum atomic E-state index is 11.3. The highest BCUT2D eigenvalue weighted by molar-refractivity contribution is 6.30. The molecule has 1 amide bonds. The zero-order valence-electron chi connectivity index (χ0n) is 17.8. The first-order valence-electron chi connectivity index (χ1n) is 10.3. The van der Waals surface area contributed by atoms with Crippen LogP contribution in [0.25, 0.3) is 0 Å². The molecule has 1 fully saturated rings. The number of carbonyl (C=O) groups excluding carboxylic acids is 1. The van der Waals surface area contributed by atoms with Gasteiger partial charge in [-0.3, -0.25) is 14.7 Å².